The lowest BCUT2D eigenvalue weighted by molar-refractivity contribution is -0.141. The fraction of sp³-hybridized carbons (Fsp3) is 0.250. The summed E-state index contributed by atoms with van der Waals surface area (Å²) in [5.74, 6) is -2.69. The number of rotatable bonds is 2. The summed E-state index contributed by atoms with van der Waals surface area (Å²) >= 11 is 5.72. The summed E-state index contributed by atoms with van der Waals surface area (Å²) in [4.78, 5) is 35.9. The Hall–Kier alpha value is -1.88. The number of likely N-dealkylation sites (N-methyl/N-ethyl adjacent to an activating group) is 1. The number of nitrogens with zero attached hydrogens (tertiary/aromatic N) is 1. The second kappa shape index (κ2) is 4.78. The van der Waals surface area contributed by atoms with E-state index in [4.69, 9.17) is 11.6 Å². The second-order valence-electron chi connectivity index (χ2n) is 4.10. The van der Waals surface area contributed by atoms with Gasteiger partial charge in [0.25, 0.3) is 5.91 Å². The van der Waals surface area contributed by atoms with Gasteiger partial charge in [0.15, 0.2) is 0 Å². The minimum atomic E-state index is -0.932. The highest BCUT2D eigenvalue weighted by molar-refractivity contribution is 6.43. The SMILES string of the molecule is CN1CC(C(=O)Nc2ccc(Cl)cc2)C(=O)C1=O. The van der Waals surface area contributed by atoms with Crippen LogP contribution < -0.4 is 5.32 Å². The molecule has 1 saturated heterocycles. The summed E-state index contributed by atoms with van der Waals surface area (Å²) in [6.45, 7) is 0.122. The van der Waals surface area contributed by atoms with Gasteiger partial charge in [-0.2, -0.15) is 0 Å². The van der Waals surface area contributed by atoms with Crippen molar-refractivity contribution in [3.8, 4) is 0 Å². The van der Waals surface area contributed by atoms with Gasteiger partial charge in [-0.05, 0) is 24.3 Å². The highest BCUT2D eigenvalue weighted by Crippen LogP contribution is 2.17. The van der Waals surface area contributed by atoms with Crippen molar-refractivity contribution >= 4 is 34.9 Å². The largest absolute Gasteiger partial charge is 0.338 e. The number of nitrogens with one attached hydrogen (secondary N) is 1. The van der Waals surface area contributed by atoms with Crippen LogP contribution in [0.4, 0.5) is 5.69 Å². The van der Waals surface area contributed by atoms with Crippen molar-refractivity contribution in [3.05, 3.63) is 29.3 Å². The van der Waals surface area contributed by atoms with Crippen molar-refractivity contribution in [1.29, 1.82) is 0 Å². The molecule has 5 nitrogen and oxygen atoms in total. The lowest BCUT2D eigenvalue weighted by atomic mass is 10.1. The predicted octanol–water partition coefficient (Wildman–Crippen LogP) is 0.936. The normalized spacial score (nSPS) is 19.2. The van der Waals surface area contributed by atoms with Crippen molar-refractivity contribution in [2.45, 2.75) is 0 Å². The molecule has 1 fully saturated rings. The molecule has 1 aromatic rings. The van der Waals surface area contributed by atoms with Crippen LogP contribution in [-0.2, 0) is 14.4 Å². The first-order valence-corrected chi connectivity index (χ1v) is 5.72. The van der Waals surface area contributed by atoms with Crippen LogP contribution in [0.5, 0.6) is 0 Å². The van der Waals surface area contributed by atoms with E-state index in [0.29, 0.717) is 10.7 Å². The van der Waals surface area contributed by atoms with Gasteiger partial charge >= 0.3 is 0 Å². The van der Waals surface area contributed by atoms with Crippen LogP contribution in [0.2, 0.25) is 5.02 Å². The first-order valence-electron chi connectivity index (χ1n) is 5.35. The van der Waals surface area contributed by atoms with Crippen LogP contribution >= 0.6 is 11.6 Å². The molecule has 1 N–H and O–H groups in total. The second-order valence-corrected chi connectivity index (χ2v) is 4.54. The third-order valence-electron chi connectivity index (χ3n) is 2.76. The van der Waals surface area contributed by atoms with E-state index in [0.717, 1.165) is 0 Å². The van der Waals surface area contributed by atoms with E-state index in [1.165, 1.54) is 11.9 Å². The average molecular weight is 267 g/mol. The van der Waals surface area contributed by atoms with Crippen LogP contribution in [0.25, 0.3) is 0 Å². The molecule has 0 aromatic heterocycles. The van der Waals surface area contributed by atoms with Gasteiger partial charge in [0.1, 0.15) is 5.92 Å². The topological polar surface area (TPSA) is 66.5 Å². The van der Waals surface area contributed by atoms with Crippen molar-refractivity contribution in [1.82, 2.24) is 4.90 Å². The Bertz CT molecular complexity index is 513. The highest BCUT2D eigenvalue weighted by Gasteiger charge is 2.41. The van der Waals surface area contributed by atoms with Gasteiger partial charge in [0.2, 0.25) is 11.7 Å². The number of amides is 2. The van der Waals surface area contributed by atoms with Crippen LogP contribution in [0, 0.1) is 5.92 Å². The fourth-order valence-electron chi connectivity index (χ4n) is 1.74. The summed E-state index contributed by atoms with van der Waals surface area (Å²) in [6.07, 6.45) is 0. The smallest absolute Gasteiger partial charge is 0.290 e. The van der Waals surface area contributed by atoms with E-state index in [1.807, 2.05) is 0 Å². The van der Waals surface area contributed by atoms with Gasteiger partial charge in [-0.15, -0.1) is 0 Å². The van der Waals surface area contributed by atoms with Crippen molar-refractivity contribution in [3.63, 3.8) is 0 Å². The monoisotopic (exact) mass is 266 g/mol. The molecule has 1 unspecified atom stereocenters. The Balaban J connectivity index is 2.07. The number of hydrogen-bond donors (Lipinski definition) is 1. The summed E-state index contributed by atoms with van der Waals surface area (Å²) in [5, 5.41) is 3.14. The van der Waals surface area contributed by atoms with Crippen LogP contribution in [0.15, 0.2) is 24.3 Å². The van der Waals surface area contributed by atoms with Gasteiger partial charge in [-0.3, -0.25) is 14.4 Å². The lowest BCUT2D eigenvalue weighted by Gasteiger charge is -2.09. The number of anilines is 1. The maximum absolute atomic E-state index is 11.9. The molecule has 0 spiro atoms. The molecule has 1 atom stereocenters. The van der Waals surface area contributed by atoms with Gasteiger partial charge in [0.05, 0.1) is 0 Å². The van der Waals surface area contributed by atoms with E-state index in [-0.39, 0.29) is 6.54 Å². The molecule has 6 heteroatoms. The molecule has 0 radical (unpaired) electrons. The van der Waals surface area contributed by atoms with Crippen molar-refractivity contribution in [2.24, 2.45) is 5.92 Å². The van der Waals surface area contributed by atoms with Crippen molar-refractivity contribution in [2.75, 3.05) is 18.9 Å². The van der Waals surface area contributed by atoms with E-state index in [9.17, 15) is 14.4 Å². The van der Waals surface area contributed by atoms with E-state index >= 15 is 0 Å². The van der Waals surface area contributed by atoms with Gasteiger partial charge in [-0.1, -0.05) is 11.6 Å². The summed E-state index contributed by atoms with van der Waals surface area (Å²) in [6, 6.07) is 6.52. The Morgan fingerprint density at radius 2 is 1.94 bits per heavy atom. The Labute approximate surface area is 109 Å². The Kier molecular flexibility index (Phi) is 3.34. The molecule has 0 saturated carbocycles. The number of halogens is 1. The zero-order valence-electron chi connectivity index (χ0n) is 9.64. The molecule has 2 amide bonds. The third-order valence-corrected chi connectivity index (χ3v) is 3.01. The molecule has 2 rings (SSSR count). The van der Waals surface area contributed by atoms with Crippen molar-refractivity contribution < 1.29 is 14.4 Å². The molecule has 94 valence electrons. The summed E-state index contributed by atoms with van der Waals surface area (Å²) in [5.41, 5.74) is 0.541. The van der Waals surface area contributed by atoms with E-state index in [2.05, 4.69) is 5.32 Å². The quantitative estimate of drug-likeness (QED) is 0.640. The maximum atomic E-state index is 11.9. The highest BCUT2D eigenvalue weighted by atomic mass is 35.5. The minimum Gasteiger partial charge on any atom is -0.338 e. The van der Waals surface area contributed by atoms with Crippen LogP contribution in [-0.4, -0.2) is 36.1 Å². The summed E-state index contributed by atoms with van der Waals surface area (Å²) < 4.78 is 0. The average Bonchev–Trinajstić information content (AvgIpc) is 2.60. The summed E-state index contributed by atoms with van der Waals surface area (Å²) in [7, 11) is 1.50. The molecule has 1 aromatic carbocycles. The fourth-order valence-corrected chi connectivity index (χ4v) is 1.87. The maximum Gasteiger partial charge on any atom is 0.290 e. The van der Waals surface area contributed by atoms with Crippen LogP contribution in [0.3, 0.4) is 0 Å². The number of Topliss-reactive ketones (excluding diaryl/α,β-unsaturated/α-hetero) is 1. The van der Waals surface area contributed by atoms with Gasteiger partial charge < -0.3 is 10.2 Å². The number of carbonyl (C=O) groups is 3. The Morgan fingerprint density at radius 3 is 2.44 bits per heavy atom. The first kappa shape index (κ1) is 12.6. The first-order chi connectivity index (χ1) is 8.49. The molecular weight excluding hydrogens is 256 g/mol. The van der Waals surface area contributed by atoms with E-state index in [1.54, 1.807) is 24.3 Å². The molecule has 0 aliphatic carbocycles. The number of likely N-dealkylation sites (tertiary alicyclic amines) is 1. The lowest BCUT2D eigenvalue weighted by Crippen LogP contribution is -2.29. The standard InChI is InChI=1S/C12H11ClN2O3/c1-15-6-9(10(16)12(15)18)11(17)14-8-4-2-7(13)3-5-8/h2-5,9H,6H2,1H3,(H,14,17). The number of carbonyl (C=O) groups excluding carboxylic acids is 3. The number of ketones is 1. The molecule has 1 aliphatic heterocycles. The van der Waals surface area contributed by atoms with Gasteiger partial charge in [0, 0.05) is 24.3 Å². The molecule has 1 aliphatic rings. The zero-order chi connectivity index (χ0) is 13.3. The predicted molar refractivity (Wildman–Crippen MR) is 66.2 cm³/mol. The number of hydrogen-bond acceptors (Lipinski definition) is 3. The molecule has 18 heavy (non-hydrogen) atoms. The molecule has 1 heterocycles. The number of benzene rings is 1. The minimum absolute atomic E-state index is 0.122. The van der Waals surface area contributed by atoms with Crippen LogP contribution in [0.1, 0.15) is 0 Å². The van der Waals surface area contributed by atoms with E-state index < -0.39 is 23.5 Å². The third kappa shape index (κ3) is 2.36. The van der Waals surface area contributed by atoms with Gasteiger partial charge in [-0.25, -0.2) is 0 Å². The Morgan fingerprint density at radius 1 is 1.33 bits per heavy atom. The zero-order valence-corrected chi connectivity index (χ0v) is 10.4. The molecular formula is C12H11ClN2O3. The molecule has 0 bridgehead atoms.